The lowest BCUT2D eigenvalue weighted by molar-refractivity contribution is -0.119. The summed E-state index contributed by atoms with van der Waals surface area (Å²) in [6.45, 7) is 1.14. The topological polar surface area (TPSA) is 136 Å². The number of carbonyl (C=O) groups is 1. The normalized spacial score (nSPS) is 11.8. The summed E-state index contributed by atoms with van der Waals surface area (Å²) >= 11 is 0. The number of aromatic nitrogens is 4. The number of sulfonamides is 1. The number of carbonyl (C=O) groups excluding carboxylic acids is 1. The van der Waals surface area contributed by atoms with Crippen LogP contribution in [0.2, 0.25) is 0 Å². The number of amides is 1. The van der Waals surface area contributed by atoms with Crippen LogP contribution >= 0.6 is 0 Å². The Morgan fingerprint density at radius 3 is 2.59 bits per heavy atom. The Labute approximate surface area is 191 Å². The van der Waals surface area contributed by atoms with Crippen molar-refractivity contribution in [2.75, 3.05) is 7.11 Å². The van der Waals surface area contributed by atoms with E-state index >= 15 is 0 Å². The molecule has 0 aliphatic heterocycles. The monoisotopic (exact) mass is 491 g/mol. The molecule has 0 unspecified atom stereocenters. The van der Waals surface area contributed by atoms with Crippen molar-refractivity contribution < 1.29 is 26.7 Å². The van der Waals surface area contributed by atoms with Crippen molar-refractivity contribution in [2.45, 2.75) is 31.2 Å². The predicted molar refractivity (Wildman–Crippen MR) is 118 cm³/mol. The third-order valence-electron chi connectivity index (χ3n) is 5.11. The Morgan fingerprint density at radius 1 is 1.24 bits per heavy atom. The summed E-state index contributed by atoms with van der Waals surface area (Å²) < 4.78 is 62.4. The second kappa shape index (κ2) is 8.82. The fourth-order valence-corrected chi connectivity index (χ4v) is 4.55. The van der Waals surface area contributed by atoms with E-state index in [0.29, 0.717) is 40.9 Å². The average Bonchev–Trinajstić information content (AvgIpc) is 3.10. The molecule has 34 heavy (non-hydrogen) atoms. The van der Waals surface area contributed by atoms with Crippen LogP contribution in [0.1, 0.15) is 25.3 Å². The number of nitrogens with one attached hydrogen (secondary N) is 2. The maximum atomic E-state index is 14.9. The fourth-order valence-electron chi connectivity index (χ4n) is 3.51. The molecular weight excluding hydrogens is 472 g/mol. The van der Waals surface area contributed by atoms with Gasteiger partial charge in [-0.3, -0.25) is 9.36 Å². The SMILES string of the molecule is CCCC(=O)NS(=O)(=O)c1cc(F)c(Cn2c(=O)[nH]c3cnc4nc(OC)ccc4c32)c(F)c1. The van der Waals surface area contributed by atoms with Gasteiger partial charge in [0, 0.05) is 23.4 Å². The van der Waals surface area contributed by atoms with Crippen molar-refractivity contribution in [3.63, 3.8) is 0 Å². The van der Waals surface area contributed by atoms with E-state index in [4.69, 9.17) is 4.74 Å². The minimum absolute atomic E-state index is 0.0602. The van der Waals surface area contributed by atoms with Gasteiger partial charge in [0.05, 0.1) is 35.8 Å². The second-order valence-corrected chi connectivity index (χ2v) is 9.09. The molecule has 10 nitrogen and oxygen atoms in total. The van der Waals surface area contributed by atoms with Gasteiger partial charge in [0.25, 0.3) is 10.0 Å². The minimum atomic E-state index is -4.47. The second-order valence-electron chi connectivity index (χ2n) is 7.41. The van der Waals surface area contributed by atoms with Gasteiger partial charge in [0.2, 0.25) is 11.8 Å². The van der Waals surface area contributed by atoms with E-state index in [9.17, 15) is 26.8 Å². The van der Waals surface area contributed by atoms with Gasteiger partial charge in [-0.1, -0.05) is 6.92 Å². The standard InChI is InChI=1S/C21H19F2N5O5S/c1-3-4-17(29)27-34(31,32)11-7-14(22)13(15(23)8-11)10-28-19-12-5-6-18(33-2)26-20(12)24-9-16(19)25-21(28)30/h5-9H,3-4,10H2,1-2H3,(H,25,30)(H,27,29). The molecule has 2 N–H and O–H groups in total. The Morgan fingerprint density at radius 2 is 1.94 bits per heavy atom. The van der Waals surface area contributed by atoms with Gasteiger partial charge < -0.3 is 9.72 Å². The van der Waals surface area contributed by atoms with Crippen molar-refractivity contribution in [3.05, 3.63) is 58.1 Å². The maximum Gasteiger partial charge on any atom is 0.326 e. The Bertz CT molecular complexity index is 1570. The zero-order valence-corrected chi connectivity index (χ0v) is 18.9. The first-order valence-corrected chi connectivity index (χ1v) is 11.6. The van der Waals surface area contributed by atoms with E-state index in [1.807, 2.05) is 0 Å². The molecule has 13 heteroatoms. The van der Waals surface area contributed by atoms with Crippen molar-refractivity contribution >= 4 is 38.0 Å². The molecule has 0 saturated heterocycles. The molecule has 0 bridgehead atoms. The van der Waals surface area contributed by atoms with E-state index in [1.165, 1.54) is 13.3 Å². The summed E-state index contributed by atoms with van der Waals surface area (Å²) in [5, 5.41) is 0.440. The molecule has 4 aromatic rings. The van der Waals surface area contributed by atoms with Crippen LogP contribution in [0.5, 0.6) is 5.88 Å². The Hall–Kier alpha value is -3.87. The van der Waals surface area contributed by atoms with Gasteiger partial charge in [-0.15, -0.1) is 0 Å². The van der Waals surface area contributed by atoms with Gasteiger partial charge in [-0.05, 0) is 24.6 Å². The van der Waals surface area contributed by atoms with Gasteiger partial charge in [-0.2, -0.15) is 4.98 Å². The molecule has 0 aliphatic carbocycles. The van der Waals surface area contributed by atoms with Crippen molar-refractivity contribution in [3.8, 4) is 5.88 Å². The highest BCUT2D eigenvalue weighted by Crippen LogP contribution is 2.25. The molecule has 4 rings (SSSR count). The van der Waals surface area contributed by atoms with Crippen LogP contribution < -0.4 is 15.1 Å². The Balaban J connectivity index is 1.78. The maximum absolute atomic E-state index is 14.9. The smallest absolute Gasteiger partial charge is 0.326 e. The Kier molecular flexibility index (Phi) is 6.04. The summed E-state index contributed by atoms with van der Waals surface area (Å²) in [4.78, 5) is 34.4. The number of ether oxygens (including phenoxy) is 1. The number of methoxy groups -OCH3 is 1. The zero-order valence-electron chi connectivity index (χ0n) is 18.1. The number of imidazole rings is 1. The summed E-state index contributed by atoms with van der Waals surface area (Å²) in [7, 11) is -3.03. The summed E-state index contributed by atoms with van der Waals surface area (Å²) in [6, 6.07) is 4.37. The lowest BCUT2D eigenvalue weighted by Gasteiger charge is -2.11. The number of rotatable bonds is 7. The van der Waals surface area contributed by atoms with Gasteiger partial charge >= 0.3 is 5.69 Å². The van der Waals surface area contributed by atoms with Crippen LogP contribution in [-0.4, -0.2) is 41.0 Å². The molecule has 0 aliphatic rings. The molecule has 178 valence electrons. The van der Waals surface area contributed by atoms with E-state index < -0.39 is 50.3 Å². The van der Waals surface area contributed by atoms with Gasteiger partial charge in [0.1, 0.15) is 11.6 Å². The third kappa shape index (κ3) is 4.21. The van der Waals surface area contributed by atoms with Crippen LogP contribution in [0, 0.1) is 11.6 Å². The molecule has 3 aromatic heterocycles. The third-order valence-corrected chi connectivity index (χ3v) is 6.46. The fraction of sp³-hybridized carbons (Fsp3) is 0.238. The van der Waals surface area contributed by atoms with Crippen molar-refractivity contribution in [1.82, 2.24) is 24.2 Å². The lowest BCUT2D eigenvalue weighted by atomic mass is 10.2. The molecule has 3 heterocycles. The first kappa shape index (κ1) is 23.3. The molecule has 0 radical (unpaired) electrons. The number of benzene rings is 1. The number of aromatic amines is 1. The molecule has 0 spiro atoms. The van der Waals surface area contributed by atoms with Crippen molar-refractivity contribution in [2.24, 2.45) is 0 Å². The highest BCUT2D eigenvalue weighted by atomic mass is 32.2. The molecule has 0 fully saturated rings. The van der Waals surface area contributed by atoms with Crippen LogP contribution in [0.25, 0.3) is 22.1 Å². The molecule has 0 atom stereocenters. The average molecular weight is 491 g/mol. The number of hydrogen-bond acceptors (Lipinski definition) is 7. The first-order chi connectivity index (χ1) is 16.1. The van der Waals surface area contributed by atoms with Gasteiger partial charge in [-0.25, -0.2) is 31.7 Å². The minimum Gasteiger partial charge on any atom is -0.481 e. The largest absolute Gasteiger partial charge is 0.481 e. The van der Waals surface area contributed by atoms with Crippen LogP contribution in [0.3, 0.4) is 0 Å². The number of nitrogens with zero attached hydrogens (tertiary/aromatic N) is 3. The van der Waals surface area contributed by atoms with E-state index in [2.05, 4.69) is 15.0 Å². The highest BCUT2D eigenvalue weighted by Gasteiger charge is 2.23. The molecule has 1 aromatic carbocycles. The zero-order chi connectivity index (χ0) is 24.6. The summed E-state index contributed by atoms with van der Waals surface area (Å²) in [5.41, 5.74) is -0.295. The lowest BCUT2D eigenvalue weighted by Crippen LogP contribution is -2.30. The number of pyridine rings is 2. The van der Waals surface area contributed by atoms with E-state index in [-0.39, 0.29) is 12.1 Å². The van der Waals surface area contributed by atoms with Crippen LogP contribution in [-0.2, 0) is 21.4 Å². The van der Waals surface area contributed by atoms with Crippen LogP contribution in [0.4, 0.5) is 8.78 Å². The summed E-state index contributed by atoms with van der Waals surface area (Å²) in [5.74, 6) is -2.88. The first-order valence-electron chi connectivity index (χ1n) is 10.1. The van der Waals surface area contributed by atoms with Crippen LogP contribution in [0.15, 0.2) is 40.2 Å². The molecular formula is C21H19F2N5O5S. The van der Waals surface area contributed by atoms with Crippen molar-refractivity contribution in [1.29, 1.82) is 0 Å². The van der Waals surface area contributed by atoms with Gasteiger partial charge in [0.15, 0.2) is 5.65 Å². The highest BCUT2D eigenvalue weighted by molar-refractivity contribution is 7.90. The predicted octanol–water partition coefficient (Wildman–Crippen LogP) is 2.21. The van der Waals surface area contributed by atoms with E-state index in [1.54, 1.807) is 23.8 Å². The quantitative estimate of drug-likeness (QED) is 0.405. The molecule has 1 amide bonds. The number of halogens is 2. The number of hydrogen-bond donors (Lipinski definition) is 2. The summed E-state index contributed by atoms with van der Waals surface area (Å²) in [6.07, 6.45) is 1.70. The van der Waals surface area contributed by atoms with E-state index in [0.717, 1.165) is 4.57 Å². The molecule has 0 saturated carbocycles. The number of H-pyrrole nitrogens is 1. The number of fused-ring (bicyclic) bond motifs is 3.